The van der Waals surface area contributed by atoms with Crippen LogP contribution < -0.4 is 4.74 Å². The first kappa shape index (κ1) is 17.0. The van der Waals surface area contributed by atoms with E-state index in [1.54, 1.807) is 18.2 Å². The third kappa shape index (κ3) is 4.16. The van der Waals surface area contributed by atoms with Gasteiger partial charge >= 0.3 is 5.97 Å². The molecule has 126 valence electrons. The second-order valence-corrected chi connectivity index (χ2v) is 5.54. The lowest BCUT2D eigenvalue weighted by Crippen LogP contribution is -1.95. The second kappa shape index (κ2) is 7.82. The van der Waals surface area contributed by atoms with E-state index < -0.39 is 5.97 Å². The van der Waals surface area contributed by atoms with E-state index in [9.17, 15) is 10.1 Å². The number of para-hydroxylation sites is 1. The highest BCUT2D eigenvalue weighted by molar-refractivity contribution is 5.92. The van der Waals surface area contributed by atoms with Gasteiger partial charge < -0.3 is 9.84 Å². The molecule has 0 aliphatic carbocycles. The van der Waals surface area contributed by atoms with Crippen LogP contribution in [0.3, 0.4) is 0 Å². The summed E-state index contributed by atoms with van der Waals surface area (Å²) in [6.07, 6.45) is 1.74. The highest BCUT2D eigenvalue weighted by Crippen LogP contribution is 2.24. The maximum absolute atomic E-state index is 10.9. The van der Waals surface area contributed by atoms with Gasteiger partial charge in [0, 0.05) is 0 Å². The maximum Gasteiger partial charge on any atom is 0.335 e. The van der Waals surface area contributed by atoms with Gasteiger partial charge in [0.25, 0.3) is 0 Å². The summed E-state index contributed by atoms with van der Waals surface area (Å²) < 4.78 is 5.80. The number of aromatic carboxylic acids is 1. The van der Waals surface area contributed by atoms with Gasteiger partial charge in [-0.15, -0.1) is 0 Å². The Morgan fingerprint density at radius 1 is 0.885 bits per heavy atom. The van der Waals surface area contributed by atoms with E-state index in [0.29, 0.717) is 16.9 Å². The monoisotopic (exact) mass is 341 g/mol. The van der Waals surface area contributed by atoms with Gasteiger partial charge in [-0.3, -0.25) is 0 Å². The number of nitriles is 1. The van der Waals surface area contributed by atoms with E-state index in [4.69, 9.17) is 9.84 Å². The first-order chi connectivity index (χ1) is 12.7. The standard InChI is InChI=1S/C22H15NO3/c23-15-19(17-9-11-18(12-10-17)22(24)25)13-16-5-4-8-21(14-16)26-20-6-2-1-3-7-20/h1-14H,(H,24,25)/b19-13-. The minimum absolute atomic E-state index is 0.185. The highest BCUT2D eigenvalue weighted by atomic mass is 16.5. The highest BCUT2D eigenvalue weighted by Gasteiger charge is 2.06. The first-order valence-electron chi connectivity index (χ1n) is 7.94. The molecule has 0 aliphatic heterocycles. The van der Waals surface area contributed by atoms with Crippen LogP contribution >= 0.6 is 0 Å². The van der Waals surface area contributed by atoms with Crippen molar-refractivity contribution < 1.29 is 14.6 Å². The smallest absolute Gasteiger partial charge is 0.335 e. The zero-order valence-corrected chi connectivity index (χ0v) is 13.8. The number of hydrogen-bond donors (Lipinski definition) is 1. The number of benzene rings is 3. The van der Waals surface area contributed by atoms with Gasteiger partial charge in [0.2, 0.25) is 0 Å². The third-order valence-electron chi connectivity index (χ3n) is 3.71. The zero-order chi connectivity index (χ0) is 18.4. The molecule has 0 saturated heterocycles. The van der Waals surface area contributed by atoms with Crippen molar-refractivity contribution in [1.29, 1.82) is 5.26 Å². The number of carboxylic acids is 1. The van der Waals surface area contributed by atoms with Crippen molar-refractivity contribution in [3.63, 3.8) is 0 Å². The normalized spacial score (nSPS) is 10.8. The number of nitrogens with zero attached hydrogens (tertiary/aromatic N) is 1. The number of carboxylic acid groups (broad SMARTS) is 1. The van der Waals surface area contributed by atoms with Crippen molar-refractivity contribution in [2.24, 2.45) is 0 Å². The fourth-order valence-corrected chi connectivity index (χ4v) is 2.43. The van der Waals surface area contributed by atoms with Gasteiger partial charge in [-0.1, -0.05) is 42.5 Å². The van der Waals surface area contributed by atoms with Crippen molar-refractivity contribution >= 4 is 17.6 Å². The van der Waals surface area contributed by atoms with Crippen molar-refractivity contribution in [1.82, 2.24) is 0 Å². The molecule has 3 aromatic rings. The fraction of sp³-hybridized carbons (Fsp3) is 0. The fourth-order valence-electron chi connectivity index (χ4n) is 2.43. The number of ether oxygens (including phenoxy) is 1. The van der Waals surface area contributed by atoms with E-state index in [-0.39, 0.29) is 5.56 Å². The van der Waals surface area contributed by atoms with E-state index in [0.717, 1.165) is 11.3 Å². The van der Waals surface area contributed by atoms with Crippen LogP contribution in [-0.4, -0.2) is 11.1 Å². The number of allylic oxidation sites excluding steroid dienone is 1. The molecule has 0 aromatic heterocycles. The topological polar surface area (TPSA) is 70.3 Å². The summed E-state index contributed by atoms with van der Waals surface area (Å²) in [6.45, 7) is 0. The van der Waals surface area contributed by atoms with E-state index in [1.807, 2.05) is 54.6 Å². The number of carbonyl (C=O) groups is 1. The Morgan fingerprint density at radius 2 is 1.54 bits per heavy atom. The minimum Gasteiger partial charge on any atom is -0.478 e. The van der Waals surface area contributed by atoms with Crippen LogP contribution in [0.2, 0.25) is 0 Å². The van der Waals surface area contributed by atoms with Crippen LogP contribution in [0.4, 0.5) is 0 Å². The lowest BCUT2D eigenvalue weighted by Gasteiger charge is -2.06. The van der Waals surface area contributed by atoms with Gasteiger partial charge in [0.15, 0.2) is 0 Å². The summed E-state index contributed by atoms with van der Waals surface area (Å²) in [7, 11) is 0. The van der Waals surface area contributed by atoms with E-state index >= 15 is 0 Å². The Morgan fingerprint density at radius 3 is 2.19 bits per heavy atom. The summed E-state index contributed by atoms with van der Waals surface area (Å²) >= 11 is 0. The van der Waals surface area contributed by atoms with Crippen LogP contribution in [0.25, 0.3) is 11.6 Å². The van der Waals surface area contributed by atoms with Crippen LogP contribution in [0.1, 0.15) is 21.5 Å². The summed E-state index contributed by atoms with van der Waals surface area (Å²) in [5, 5.41) is 18.4. The summed E-state index contributed by atoms with van der Waals surface area (Å²) in [5.41, 5.74) is 2.10. The molecule has 26 heavy (non-hydrogen) atoms. The van der Waals surface area contributed by atoms with E-state index in [2.05, 4.69) is 6.07 Å². The van der Waals surface area contributed by atoms with Crippen molar-refractivity contribution in [3.05, 3.63) is 95.6 Å². The summed E-state index contributed by atoms with van der Waals surface area (Å²) in [5.74, 6) is 0.409. The minimum atomic E-state index is -0.996. The molecule has 1 N–H and O–H groups in total. The third-order valence-corrected chi connectivity index (χ3v) is 3.71. The quantitative estimate of drug-likeness (QED) is 0.509. The molecule has 4 heteroatoms. The van der Waals surface area contributed by atoms with Gasteiger partial charge in [0.05, 0.1) is 17.2 Å². The van der Waals surface area contributed by atoms with Crippen LogP contribution in [0, 0.1) is 11.3 Å². The van der Waals surface area contributed by atoms with Gasteiger partial charge in [0.1, 0.15) is 11.5 Å². The molecule has 4 nitrogen and oxygen atoms in total. The van der Waals surface area contributed by atoms with Crippen LogP contribution in [0.5, 0.6) is 11.5 Å². The Kier molecular flexibility index (Phi) is 5.11. The maximum atomic E-state index is 10.9. The lowest BCUT2D eigenvalue weighted by molar-refractivity contribution is 0.0697. The molecule has 0 bridgehead atoms. The molecule has 0 amide bonds. The average molecular weight is 341 g/mol. The van der Waals surface area contributed by atoms with Gasteiger partial charge in [-0.25, -0.2) is 4.79 Å². The Bertz CT molecular complexity index is 984. The number of rotatable bonds is 5. The molecule has 0 heterocycles. The van der Waals surface area contributed by atoms with E-state index in [1.165, 1.54) is 12.1 Å². The molecule has 0 saturated carbocycles. The molecule has 0 aliphatic rings. The molecule has 3 aromatic carbocycles. The first-order valence-corrected chi connectivity index (χ1v) is 7.94. The molecule has 0 fully saturated rings. The zero-order valence-electron chi connectivity index (χ0n) is 13.8. The molecule has 0 radical (unpaired) electrons. The Hall–Kier alpha value is -3.84. The second-order valence-electron chi connectivity index (χ2n) is 5.54. The largest absolute Gasteiger partial charge is 0.478 e. The summed E-state index contributed by atoms with van der Waals surface area (Å²) in [6, 6.07) is 25.2. The predicted molar refractivity (Wildman–Crippen MR) is 99.8 cm³/mol. The van der Waals surface area contributed by atoms with Crippen LogP contribution in [-0.2, 0) is 0 Å². The molecule has 0 atom stereocenters. The molecular weight excluding hydrogens is 326 g/mol. The van der Waals surface area contributed by atoms with Gasteiger partial charge in [-0.2, -0.15) is 5.26 Å². The van der Waals surface area contributed by atoms with Crippen molar-refractivity contribution in [2.75, 3.05) is 0 Å². The molecule has 0 spiro atoms. The van der Waals surface area contributed by atoms with Crippen LogP contribution in [0.15, 0.2) is 78.9 Å². The van der Waals surface area contributed by atoms with Crippen molar-refractivity contribution in [2.45, 2.75) is 0 Å². The Balaban J connectivity index is 1.86. The predicted octanol–water partition coefficient (Wildman–Crippen LogP) is 5.24. The van der Waals surface area contributed by atoms with Gasteiger partial charge in [-0.05, 0) is 53.6 Å². The summed E-state index contributed by atoms with van der Waals surface area (Å²) in [4.78, 5) is 10.9. The molecular formula is C22H15NO3. The molecule has 3 rings (SSSR count). The van der Waals surface area contributed by atoms with Crippen molar-refractivity contribution in [3.8, 4) is 17.6 Å². The number of hydrogen-bond acceptors (Lipinski definition) is 3. The Labute approximate surface area is 151 Å². The lowest BCUT2D eigenvalue weighted by atomic mass is 10.0. The molecule has 0 unspecified atom stereocenters. The SMILES string of the molecule is N#C/C(=C/c1cccc(Oc2ccccc2)c1)c1ccc(C(=O)O)cc1. The average Bonchev–Trinajstić information content (AvgIpc) is 2.67.